The zero-order valence-corrected chi connectivity index (χ0v) is 18.1. The van der Waals surface area contributed by atoms with Crippen LogP contribution in [0.3, 0.4) is 0 Å². The minimum absolute atomic E-state index is 0.149. The molecule has 28 heavy (non-hydrogen) atoms. The Hall–Kier alpha value is -1.87. The first kappa shape index (κ1) is 22.4. The Kier molecular flexibility index (Phi) is 7.65. The third kappa shape index (κ3) is 6.63. The topological polar surface area (TPSA) is 84.5 Å². The molecule has 2 N–H and O–H groups in total. The van der Waals surface area contributed by atoms with Crippen molar-refractivity contribution < 1.29 is 17.9 Å². The molecule has 2 aromatic rings. The van der Waals surface area contributed by atoms with Crippen molar-refractivity contribution in [3.05, 3.63) is 54.1 Å². The lowest BCUT2D eigenvalue weighted by Crippen LogP contribution is -2.40. The second kappa shape index (κ2) is 9.56. The Labute approximate surface area is 171 Å². The average Bonchev–Trinajstić information content (AvgIpc) is 2.61. The summed E-state index contributed by atoms with van der Waals surface area (Å²) in [6, 6.07) is 13.5. The highest BCUT2D eigenvalue weighted by Crippen LogP contribution is 2.24. The van der Waals surface area contributed by atoms with Gasteiger partial charge in [0.1, 0.15) is 0 Å². The molecule has 8 heteroatoms. The van der Waals surface area contributed by atoms with Gasteiger partial charge in [-0.25, -0.2) is 13.1 Å². The molecule has 0 aromatic heterocycles. The van der Waals surface area contributed by atoms with Gasteiger partial charge in [-0.15, -0.1) is 11.8 Å². The van der Waals surface area contributed by atoms with E-state index < -0.39 is 15.6 Å². The van der Waals surface area contributed by atoms with Crippen LogP contribution in [0.4, 0.5) is 5.69 Å². The maximum Gasteiger partial charge on any atom is 0.256 e. The van der Waals surface area contributed by atoms with Crippen LogP contribution < -0.4 is 10.0 Å². The number of anilines is 1. The minimum atomic E-state index is -3.61. The third-order valence-corrected chi connectivity index (χ3v) is 6.35. The number of rotatable bonds is 8. The second-order valence-electron chi connectivity index (χ2n) is 7.17. The fourth-order valence-corrected chi connectivity index (χ4v) is 4.77. The quantitative estimate of drug-likeness (QED) is 0.500. The third-order valence-electron chi connectivity index (χ3n) is 3.54. The second-order valence-corrected chi connectivity index (χ2v) is 9.99. The van der Waals surface area contributed by atoms with Gasteiger partial charge in [-0.3, -0.25) is 4.79 Å². The molecule has 0 atom stereocenters. The Morgan fingerprint density at radius 1 is 1.07 bits per heavy atom. The average molecular weight is 423 g/mol. The highest BCUT2D eigenvalue weighted by atomic mass is 32.2. The molecule has 0 saturated heterocycles. The number of sulfonamides is 1. The summed E-state index contributed by atoms with van der Waals surface area (Å²) in [6.07, 6.45) is 0. The van der Waals surface area contributed by atoms with Crippen molar-refractivity contribution in [1.82, 2.24) is 4.72 Å². The van der Waals surface area contributed by atoms with Crippen LogP contribution in [0.1, 0.15) is 31.1 Å². The lowest BCUT2D eigenvalue weighted by molar-refractivity contribution is 0.102. The molecule has 2 rings (SSSR count). The van der Waals surface area contributed by atoms with Crippen LogP contribution in [-0.2, 0) is 14.8 Å². The standard InChI is InChI=1S/C20H26N2O4S2/c1-20(2,3)22-28(24,25)16-11-9-15(10-12-16)21-19(23)17-7-5-6-8-18(17)27-14-13-26-4/h5-12,22H,13-14H2,1-4H3,(H,21,23). The Balaban J connectivity index is 2.12. The molecular weight excluding hydrogens is 396 g/mol. The first-order chi connectivity index (χ1) is 13.1. The number of thioether (sulfide) groups is 1. The van der Waals surface area contributed by atoms with Gasteiger partial charge < -0.3 is 10.1 Å². The maximum atomic E-state index is 12.7. The molecule has 2 aromatic carbocycles. The van der Waals surface area contributed by atoms with Crippen molar-refractivity contribution in [2.24, 2.45) is 0 Å². The van der Waals surface area contributed by atoms with Crippen LogP contribution >= 0.6 is 11.8 Å². The number of carbonyl (C=O) groups is 1. The van der Waals surface area contributed by atoms with Gasteiger partial charge in [0.2, 0.25) is 10.0 Å². The number of amides is 1. The number of benzene rings is 2. The largest absolute Gasteiger partial charge is 0.384 e. The number of methoxy groups -OCH3 is 1. The smallest absolute Gasteiger partial charge is 0.256 e. The molecule has 0 aliphatic heterocycles. The number of hydrogen-bond donors (Lipinski definition) is 2. The number of carbonyl (C=O) groups excluding carboxylic acids is 1. The molecule has 0 radical (unpaired) electrons. The lowest BCUT2D eigenvalue weighted by Gasteiger charge is -2.20. The van der Waals surface area contributed by atoms with E-state index in [0.29, 0.717) is 17.9 Å². The van der Waals surface area contributed by atoms with E-state index in [4.69, 9.17) is 4.74 Å². The van der Waals surface area contributed by atoms with Gasteiger partial charge in [-0.05, 0) is 57.2 Å². The molecule has 0 saturated carbocycles. The molecule has 152 valence electrons. The van der Waals surface area contributed by atoms with Crippen molar-refractivity contribution in [3.8, 4) is 0 Å². The molecule has 6 nitrogen and oxygen atoms in total. The molecule has 0 fully saturated rings. The van der Waals surface area contributed by atoms with Gasteiger partial charge in [-0.1, -0.05) is 12.1 Å². The fourth-order valence-electron chi connectivity index (χ4n) is 2.39. The molecule has 0 unspecified atom stereocenters. The lowest BCUT2D eigenvalue weighted by atomic mass is 10.1. The van der Waals surface area contributed by atoms with E-state index in [1.807, 2.05) is 18.2 Å². The highest BCUT2D eigenvalue weighted by Gasteiger charge is 2.22. The first-order valence-corrected chi connectivity index (χ1v) is 11.3. The van der Waals surface area contributed by atoms with Crippen LogP contribution in [-0.4, -0.2) is 39.3 Å². The molecular formula is C20H26N2O4S2. The van der Waals surface area contributed by atoms with Crippen LogP contribution in [0.15, 0.2) is 58.3 Å². The van der Waals surface area contributed by atoms with Crippen LogP contribution in [0.2, 0.25) is 0 Å². The molecule has 0 aliphatic carbocycles. The number of hydrogen-bond acceptors (Lipinski definition) is 5. The van der Waals surface area contributed by atoms with E-state index in [1.54, 1.807) is 57.8 Å². The Morgan fingerprint density at radius 3 is 2.32 bits per heavy atom. The van der Waals surface area contributed by atoms with Gasteiger partial charge in [0.15, 0.2) is 0 Å². The summed E-state index contributed by atoms with van der Waals surface area (Å²) in [5, 5.41) is 2.82. The van der Waals surface area contributed by atoms with Crippen LogP contribution in [0.25, 0.3) is 0 Å². The van der Waals surface area contributed by atoms with Crippen LogP contribution in [0, 0.1) is 0 Å². The Bertz CT molecular complexity index is 905. The molecule has 0 aliphatic rings. The van der Waals surface area contributed by atoms with Gasteiger partial charge >= 0.3 is 0 Å². The summed E-state index contributed by atoms with van der Waals surface area (Å²) in [5.74, 6) is 0.498. The van der Waals surface area contributed by atoms with E-state index in [1.165, 1.54) is 12.1 Å². The minimum Gasteiger partial charge on any atom is -0.384 e. The molecule has 0 bridgehead atoms. The zero-order chi connectivity index (χ0) is 20.8. The van der Waals surface area contributed by atoms with Crippen molar-refractivity contribution in [2.75, 3.05) is 24.8 Å². The maximum absolute atomic E-state index is 12.7. The summed E-state index contributed by atoms with van der Waals surface area (Å²) >= 11 is 1.55. The molecule has 1 amide bonds. The normalized spacial score (nSPS) is 12.0. The van der Waals surface area contributed by atoms with E-state index in [9.17, 15) is 13.2 Å². The van der Waals surface area contributed by atoms with Crippen molar-refractivity contribution in [1.29, 1.82) is 0 Å². The Morgan fingerprint density at radius 2 is 1.71 bits per heavy atom. The van der Waals surface area contributed by atoms with E-state index in [2.05, 4.69) is 10.0 Å². The predicted molar refractivity (Wildman–Crippen MR) is 114 cm³/mol. The van der Waals surface area contributed by atoms with Gasteiger partial charge in [0.25, 0.3) is 5.91 Å². The summed E-state index contributed by atoms with van der Waals surface area (Å²) in [6.45, 7) is 5.93. The van der Waals surface area contributed by atoms with Crippen molar-refractivity contribution in [3.63, 3.8) is 0 Å². The number of ether oxygens (including phenoxy) is 1. The van der Waals surface area contributed by atoms with Crippen LogP contribution in [0.5, 0.6) is 0 Å². The molecule has 0 spiro atoms. The van der Waals surface area contributed by atoms with Crippen molar-refractivity contribution >= 4 is 33.4 Å². The predicted octanol–water partition coefficient (Wildman–Crippen LogP) is 3.75. The summed E-state index contributed by atoms with van der Waals surface area (Å²) in [4.78, 5) is 13.7. The summed E-state index contributed by atoms with van der Waals surface area (Å²) < 4.78 is 32.4. The zero-order valence-electron chi connectivity index (χ0n) is 16.5. The van der Waals surface area contributed by atoms with Gasteiger partial charge in [-0.2, -0.15) is 0 Å². The van der Waals surface area contributed by atoms with Gasteiger partial charge in [0, 0.05) is 29.0 Å². The van der Waals surface area contributed by atoms with Crippen molar-refractivity contribution in [2.45, 2.75) is 36.1 Å². The SMILES string of the molecule is COCCSc1ccccc1C(=O)Nc1ccc(S(=O)(=O)NC(C)(C)C)cc1. The number of nitrogens with one attached hydrogen (secondary N) is 2. The first-order valence-electron chi connectivity index (χ1n) is 8.78. The highest BCUT2D eigenvalue weighted by molar-refractivity contribution is 7.99. The van der Waals surface area contributed by atoms with E-state index in [0.717, 1.165) is 10.6 Å². The van der Waals surface area contributed by atoms with E-state index >= 15 is 0 Å². The summed E-state index contributed by atoms with van der Waals surface area (Å²) in [7, 11) is -1.97. The molecule has 0 heterocycles. The monoisotopic (exact) mass is 422 g/mol. The fraction of sp³-hybridized carbons (Fsp3) is 0.350. The summed E-state index contributed by atoms with van der Waals surface area (Å²) in [5.41, 5.74) is 0.515. The van der Waals surface area contributed by atoms with Gasteiger partial charge in [0.05, 0.1) is 17.1 Å². The van der Waals surface area contributed by atoms with E-state index in [-0.39, 0.29) is 10.8 Å².